The number of nitrogens with two attached hydrogens (primary N) is 1. The SMILES string of the molecule is COc1ccc(N(CCN)CC(=O)O)cc1OC. The molecule has 100 valence electrons. The van der Waals surface area contributed by atoms with Crippen LogP contribution in [0.5, 0.6) is 11.5 Å². The number of rotatable bonds is 7. The molecule has 0 aromatic heterocycles. The van der Waals surface area contributed by atoms with Gasteiger partial charge in [-0.3, -0.25) is 4.79 Å². The Morgan fingerprint density at radius 3 is 2.50 bits per heavy atom. The number of benzene rings is 1. The topological polar surface area (TPSA) is 85.0 Å². The molecular formula is C12H18N2O4. The second-order valence-electron chi connectivity index (χ2n) is 3.64. The molecule has 3 N–H and O–H groups in total. The maximum absolute atomic E-state index is 10.8. The zero-order valence-corrected chi connectivity index (χ0v) is 10.5. The monoisotopic (exact) mass is 254 g/mol. The number of carbonyl (C=O) groups is 1. The summed E-state index contributed by atoms with van der Waals surface area (Å²) in [5, 5.41) is 8.86. The summed E-state index contributed by atoms with van der Waals surface area (Å²) in [6, 6.07) is 5.25. The summed E-state index contributed by atoms with van der Waals surface area (Å²) in [4.78, 5) is 12.5. The minimum atomic E-state index is -0.904. The molecule has 1 aromatic rings. The van der Waals surface area contributed by atoms with E-state index in [1.54, 1.807) is 30.2 Å². The van der Waals surface area contributed by atoms with E-state index in [2.05, 4.69) is 0 Å². The van der Waals surface area contributed by atoms with E-state index in [0.717, 1.165) is 5.69 Å². The Balaban J connectivity index is 3.00. The molecule has 0 saturated heterocycles. The van der Waals surface area contributed by atoms with Gasteiger partial charge < -0.3 is 25.2 Å². The van der Waals surface area contributed by atoms with Gasteiger partial charge in [-0.05, 0) is 12.1 Å². The zero-order chi connectivity index (χ0) is 13.5. The molecule has 18 heavy (non-hydrogen) atoms. The predicted molar refractivity (Wildman–Crippen MR) is 68.4 cm³/mol. The standard InChI is InChI=1S/C12H18N2O4/c1-17-10-4-3-9(7-11(10)18-2)14(6-5-13)8-12(15)16/h3-4,7H,5-6,8,13H2,1-2H3,(H,15,16). The Labute approximate surface area is 106 Å². The van der Waals surface area contributed by atoms with Crippen LogP contribution >= 0.6 is 0 Å². The van der Waals surface area contributed by atoms with Crippen molar-refractivity contribution in [3.63, 3.8) is 0 Å². The van der Waals surface area contributed by atoms with Crippen LogP contribution in [0.3, 0.4) is 0 Å². The third-order valence-corrected chi connectivity index (χ3v) is 2.46. The molecule has 6 heteroatoms. The Hall–Kier alpha value is -1.95. The largest absolute Gasteiger partial charge is 0.493 e. The number of aliphatic carboxylic acids is 1. The lowest BCUT2D eigenvalue weighted by atomic mass is 10.2. The van der Waals surface area contributed by atoms with Crippen molar-refractivity contribution in [2.75, 3.05) is 38.8 Å². The van der Waals surface area contributed by atoms with Gasteiger partial charge in [-0.2, -0.15) is 0 Å². The number of hydrogen-bond donors (Lipinski definition) is 2. The third kappa shape index (κ3) is 3.53. The molecule has 0 saturated carbocycles. The summed E-state index contributed by atoms with van der Waals surface area (Å²) < 4.78 is 10.3. The summed E-state index contributed by atoms with van der Waals surface area (Å²) in [5.41, 5.74) is 6.22. The maximum Gasteiger partial charge on any atom is 0.323 e. The Morgan fingerprint density at radius 1 is 1.33 bits per heavy atom. The van der Waals surface area contributed by atoms with Crippen LogP contribution in [0.15, 0.2) is 18.2 Å². The number of methoxy groups -OCH3 is 2. The highest BCUT2D eigenvalue weighted by molar-refractivity contribution is 5.74. The average molecular weight is 254 g/mol. The lowest BCUT2D eigenvalue weighted by Crippen LogP contribution is -2.34. The van der Waals surface area contributed by atoms with Crippen LogP contribution in [-0.4, -0.2) is 44.9 Å². The molecule has 1 rings (SSSR count). The Kier molecular flexibility index (Phi) is 5.26. The van der Waals surface area contributed by atoms with Crippen LogP contribution in [0.4, 0.5) is 5.69 Å². The van der Waals surface area contributed by atoms with Gasteiger partial charge in [-0.1, -0.05) is 0 Å². The second kappa shape index (κ2) is 6.70. The van der Waals surface area contributed by atoms with Gasteiger partial charge in [-0.15, -0.1) is 0 Å². The van der Waals surface area contributed by atoms with Crippen LogP contribution in [0.2, 0.25) is 0 Å². The highest BCUT2D eigenvalue weighted by Gasteiger charge is 2.12. The quantitative estimate of drug-likeness (QED) is 0.739. The molecule has 0 aliphatic rings. The molecule has 0 atom stereocenters. The van der Waals surface area contributed by atoms with Gasteiger partial charge in [0, 0.05) is 24.8 Å². The van der Waals surface area contributed by atoms with E-state index in [9.17, 15) is 4.79 Å². The van der Waals surface area contributed by atoms with Gasteiger partial charge in [0.1, 0.15) is 6.54 Å². The molecule has 1 aromatic carbocycles. The first-order valence-corrected chi connectivity index (χ1v) is 5.51. The number of hydrogen-bond acceptors (Lipinski definition) is 5. The first kappa shape index (κ1) is 14.1. The van der Waals surface area contributed by atoms with E-state index in [0.29, 0.717) is 24.6 Å². The first-order chi connectivity index (χ1) is 8.62. The van der Waals surface area contributed by atoms with Gasteiger partial charge in [-0.25, -0.2) is 0 Å². The van der Waals surface area contributed by atoms with Crippen molar-refractivity contribution in [1.29, 1.82) is 0 Å². The van der Waals surface area contributed by atoms with Crippen LogP contribution in [0.25, 0.3) is 0 Å². The van der Waals surface area contributed by atoms with Crippen molar-refractivity contribution in [3.8, 4) is 11.5 Å². The highest BCUT2D eigenvalue weighted by atomic mass is 16.5. The van der Waals surface area contributed by atoms with Crippen LogP contribution in [0, 0.1) is 0 Å². The smallest absolute Gasteiger partial charge is 0.323 e. The van der Waals surface area contributed by atoms with Gasteiger partial charge in [0.15, 0.2) is 11.5 Å². The summed E-state index contributed by atoms with van der Waals surface area (Å²) >= 11 is 0. The van der Waals surface area contributed by atoms with Crippen molar-refractivity contribution < 1.29 is 19.4 Å². The average Bonchev–Trinajstić information content (AvgIpc) is 2.37. The molecule has 0 fully saturated rings. The van der Waals surface area contributed by atoms with Gasteiger partial charge in [0.25, 0.3) is 0 Å². The number of carboxylic acids is 1. The second-order valence-corrected chi connectivity index (χ2v) is 3.64. The lowest BCUT2D eigenvalue weighted by Gasteiger charge is -2.23. The Bertz CT molecular complexity index is 409. The molecule has 0 amide bonds. The third-order valence-electron chi connectivity index (χ3n) is 2.46. The molecule has 0 aliphatic heterocycles. The molecule has 6 nitrogen and oxygen atoms in total. The maximum atomic E-state index is 10.8. The van der Waals surface area contributed by atoms with E-state index in [4.69, 9.17) is 20.3 Å². The first-order valence-electron chi connectivity index (χ1n) is 5.51. The summed E-state index contributed by atoms with van der Waals surface area (Å²) in [6.45, 7) is 0.732. The molecule has 0 bridgehead atoms. The van der Waals surface area contributed by atoms with Crippen molar-refractivity contribution in [1.82, 2.24) is 0 Å². The van der Waals surface area contributed by atoms with Gasteiger partial charge >= 0.3 is 5.97 Å². The fraction of sp³-hybridized carbons (Fsp3) is 0.417. The number of nitrogens with zero attached hydrogens (tertiary/aromatic N) is 1. The molecule has 0 unspecified atom stereocenters. The van der Waals surface area contributed by atoms with Crippen molar-refractivity contribution in [2.45, 2.75) is 0 Å². The molecule has 0 aliphatic carbocycles. The van der Waals surface area contributed by atoms with E-state index < -0.39 is 5.97 Å². The fourth-order valence-corrected chi connectivity index (χ4v) is 1.64. The van der Waals surface area contributed by atoms with Gasteiger partial charge in [0.2, 0.25) is 0 Å². The van der Waals surface area contributed by atoms with E-state index in [1.165, 1.54) is 7.11 Å². The van der Waals surface area contributed by atoms with E-state index in [1.807, 2.05) is 0 Å². The summed E-state index contributed by atoms with van der Waals surface area (Å²) in [7, 11) is 3.08. The zero-order valence-electron chi connectivity index (χ0n) is 10.5. The molecular weight excluding hydrogens is 236 g/mol. The van der Waals surface area contributed by atoms with E-state index in [-0.39, 0.29) is 6.54 Å². The molecule has 0 heterocycles. The molecule has 0 radical (unpaired) electrons. The normalized spacial score (nSPS) is 9.94. The number of anilines is 1. The highest BCUT2D eigenvalue weighted by Crippen LogP contribution is 2.31. The minimum Gasteiger partial charge on any atom is -0.493 e. The van der Waals surface area contributed by atoms with Crippen molar-refractivity contribution >= 4 is 11.7 Å². The predicted octanol–water partition coefficient (Wildman–Crippen LogP) is 0.553. The molecule has 0 spiro atoms. The lowest BCUT2D eigenvalue weighted by molar-refractivity contribution is -0.135. The summed E-state index contributed by atoms with van der Waals surface area (Å²) in [5.74, 6) is 0.255. The summed E-state index contributed by atoms with van der Waals surface area (Å²) in [6.07, 6.45) is 0. The van der Waals surface area contributed by atoms with Crippen LogP contribution < -0.4 is 20.1 Å². The fourth-order valence-electron chi connectivity index (χ4n) is 1.64. The minimum absolute atomic E-state index is 0.104. The van der Waals surface area contributed by atoms with Crippen LogP contribution in [-0.2, 0) is 4.79 Å². The van der Waals surface area contributed by atoms with Crippen molar-refractivity contribution in [3.05, 3.63) is 18.2 Å². The van der Waals surface area contributed by atoms with E-state index >= 15 is 0 Å². The number of carboxylic acid groups (broad SMARTS) is 1. The van der Waals surface area contributed by atoms with Crippen LogP contribution in [0.1, 0.15) is 0 Å². The number of ether oxygens (including phenoxy) is 2. The van der Waals surface area contributed by atoms with Gasteiger partial charge in [0.05, 0.1) is 14.2 Å². The van der Waals surface area contributed by atoms with Crippen molar-refractivity contribution in [2.24, 2.45) is 5.73 Å². The Morgan fingerprint density at radius 2 is 2.00 bits per heavy atom.